The predicted octanol–water partition coefficient (Wildman–Crippen LogP) is 3.53. The van der Waals surface area contributed by atoms with Crippen molar-refractivity contribution in [3.05, 3.63) is 51.9 Å². The van der Waals surface area contributed by atoms with Crippen molar-refractivity contribution in [3.63, 3.8) is 0 Å². The lowest BCUT2D eigenvalue weighted by Crippen LogP contribution is -2.28. The van der Waals surface area contributed by atoms with Crippen LogP contribution in [0.5, 0.6) is 0 Å². The molecule has 6 heteroatoms. The van der Waals surface area contributed by atoms with Gasteiger partial charge in [-0.25, -0.2) is 4.79 Å². The Morgan fingerprint density at radius 1 is 1.15 bits per heavy atom. The predicted molar refractivity (Wildman–Crippen MR) is 104 cm³/mol. The molecule has 0 spiro atoms. The van der Waals surface area contributed by atoms with E-state index in [0.29, 0.717) is 23.7 Å². The first-order valence-electron chi connectivity index (χ1n) is 9.05. The zero-order chi connectivity index (χ0) is 18.4. The van der Waals surface area contributed by atoms with E-state index in [2.05, 4.69) is 10.6 Å². The summed E-state index contributed by atoms with van der Waals surface area (Å²) in [6.45, 7) is 2.94. The molecule has 0 aliphatic heterocycles. The van der Waals surface area contributed by atoms with E-state index in [4.69, 9.17) is 4.74 Å². The van der Waals surface area contributed by atoms with Crippen LogP contribution in [0.4, 0.5) is 5.00 Å². The van der Waals surface area contributed by atoms with E-state index in [1.807, 2.05) is 30.3 Å². The molecule has 0 unspecified atom stereocenters. The molecule has 1 heterocycles. The monoisotopic (exact) mass is 372 g/mol. The summed E-state index contributed by atoms with van der Waals surface area (Å²) >= 11 is 1.51. The van der Waals surface area contributed by atoms with Crippen LogP contribution in [-0.2, 0) is 28.9 Å². The Balaban J connectivity index is 1.65. The van der Waals surface area contributed by atoms with Gasteiger partial charge in [0, 0.05) is 11.4 Å². The minimum atomic E-state index is -0.334. The van der Waals surface area contributed by atoms with Crippen LogP contribution in [-0.4, -0.2) is 25.0 Å². The SMILES string of the molecule is CCOC(=O)c1c(NC(=O)CNCc2ccccc2)sc2c1CCCC2. The van der Waals surface area contributed by atoms with Crippen molar-refractivity contribution in [2.45, 2.75) is 39.2 Å². The molecule has 1 aliphatic rings. The van der Waals surface area contributed by atoms with Crippen molar-refractivity contribution in [1.29, 1.82) is 0 Å². The van der Waals surface area contributed by atoms with Gasteiger partial charge in [0.2, 0.25) is 5.91 Å². The fraction of sp³-hybridized carbons (Fsp3) is 0.400. The number of anilines is 1. The quantitative estimate of drug-likeness (QED) is 0.730. The van der Waals surface area contributed by atoms with Gasteiger partial charge in [0.1, 0.15) is 5.00 Å². The van der Waals surface area contributed by atoms with E-state index >= 15 is 0 Å². The Kier molecular flexibility index (Phi) is 6.41. The van der Waals surface area contributed by atoms with Crippen molar-refractivity contribution in [3.8, 4) is 0 Å². The number of carbonyl (C=O) groups excluding carboxylic acids is 2. The van der Waals surface area contributed by atoms with E-state index in [-0.39, 0.29) is 18.4 Å². The van der Waals surface area contributed by atoms with Crippen LogP contribution in [0, 0.1) is 0 Å². The van der Waals surface area contributed by atoms with Gasteiger partial charge in [-0.05, 0) is 43.7 Å². The third kappa shape index (κ3) is 4.51. The second-order valence-electron chi connectivity index (χ2n) is 6.27. The summed E-state index contributed by atoms with van der Waals surface area (Å²) in [6.07, 6.45) is 4.04. The lowest BCUT2D eigenvalue weighted by Gasteiger charge is -2.12. The maximum atomic E-state index is 12.4. The van der Waals surface area contributed by atoms with E-state index in [1.165, 1.54) is 16.2 Å². The number of rotatable bonds is 7. The Labute approximate surface area is 157 Å². The summed E-state index contributed by atoms with van der Waals surface area (Å²) in [7, 11) is 0. The highest BCUT2D eigenvalue weighted by atomic mass is 32.1. The number of ether oxygens (including phenoxy) is 1. The second kappa shape index (κ2) is 8.96. The molecule has 1 aromatic heterocycles. The van der Waals surface area contributed by atoms with Crippen LogP contribution < -0.4 is 10.6 Å². The molecular weight excluding hydrogens is 348 g/mol. The first-order valence-corrected chi connectivity index (χ1v) is 9.86. The highest BCUT2D eigenvalue weighted by Crippen LogP contribution is 2.38. The summed E-state index contributed by atoms with van der Waals surface area (Å²) in [5.74, 6) is -0.482. The lowest BCUT2D eigenvalue weighted by atomic mass is 9.95. The maximum absolute atomic E-state index is 12.4. The van der Waals surface area contributed by atoms with E-state index in [1.54, 1.807) is 6.92 Å². The van der Waals surface area contributed by atoms with E-state index in [0.717, 1.165) is 36.8 Å². The fourth-order valence-corrected chi connectivity index (χ4v) is 4.45. The van der Waals surface area contributed by atoms with Crippen LogP contribution >= 0.6 is 11.3 Å². The summed E-state index contributed by atoms with van der Waals surface area (Å²) in [5.41, 5.74) is 2.74. The summed E-state index contributed by atoms with van der Waals surface area (Å²) in [5, 5.41) is 6.67. The van der Waals surface area contributed by atoms with Gasteiger partial charge in [-0.15, -0.1) is 11.3 Å². The molecule has 138 valence electrons. The van der Waals surface area contributed by atoms with Crippen molar-refractivity contribution in [2.24, 2.45) is 0 Å². The molecule has 2 N–H and O–H groups in total. The molecule has 0 saturated heterocycles. The third-order valence-electron chi connectivity index (χ3n) is 4.36. The Morgan fingerprint density at radius 3 is 2.69 bits per heavy atom. The number of fused-ring (bicyclic) bond motifs is 1. The van der Waals surface area contributed by atoms with Gasteiger partial charge in [0.15, 0.2) is 0 Å². The number of esters is 1. The van der Waals surface area contributed by atoms with Gasteiger partial charge < -0.3 is 15.4 Å². The second-order valence-corrected chi connectivity index (χ2v) is 7.38. The minimum Gasteiger partial charge on any atom is -0.462 e. The van der Waals surface area contributed by atoms with Crippen LogP contribution in [0.25, 0.3) is 0 Å². The maximum Gasteiger partial charge on any atom is 0.341 e. The molecule has 1 aromatic carbocycles. The molecule has 3 rings (SSSR count). The molecule has 0 radical (unpaired) electrons. The number of hydrogen-bond donors (Lipinski definition) is 2. The minimum absolute atomic E-state index is 0.148. The van der Waals surface area contributed by atoms with Gasteiger partial charge in [0.25, 0.3) is 0 Å². The van der Waals surface area contributed by atoms with Crippen LogP contribution in [0.15, 0.2) is 30.3 Å². The smallest absolute Gasteiger partial charge is 0.341 e. The molecule has 0 bridgehead atoms. The average molecular weight is 372 g/mol. The van der Waals surface area contributed by atoms with Gasteiger partial charge in [-0.2, -0.15) is 0 Å². The number of thiophene rings is 1. The molecule has 26 heavy (non-hydrogen) atoms. The molecule has 0 atom stereocenters. The number of amides is 1. The summed E-state index contributed by atoms with van der Waals surface area (Å²) < 4.78 is 5.21. The number of carbonyl (C=O) groups is 2. The standard InChI is InChI=1S/C20H24N2O3S/c1-2-25-20(24)18-15-10-6-7-11-16(15)26-19(18)22-17(23)13-21-12-14-8-4-3-5-9-14/h3-5,8-9,21H,2,6-7,10-13H2,1H3,(H,22,23). The molecule has 1 amide bonds. The summed E-state index contributed by atoms with van der Waals surface area (Å²) in [4.78, 5) is 25.9. The highest BCUT2D eigenvalue weighted by molar-refractivity contribution is 7.17. The Morgan fingerprint density at radius 2 is 1.92 bits per heavy atom. The summed E-state index contributed by atoms with van der Waals surface area (Å²) in [6, 6.07) is 9.93. The largest absolute Gasteiger partial charge is 0.462 e. The van der Waals surface area contributed by atoms with Crippen LogP contribution in [0.1, 0.15) is 46.1 Å². The normalized spacial score (nSPS) is 13.1. The van der Waals surface area contributed by atoms with Gasteiger partial charge >= 0.3 is 5.97 Å². The van der Waals surface area contributed by atoms with Crippen LogP contribution in [0.2, 0.25) is 0 Å². The number of hydrogen-bond acceptors (Lipinski definition) is 5. The van der Waals surface area contributed by atoms with E-state index in [9.17, 15) is 9.59 Å². The van der Waals surface area contributed by atoms with E-state index < -0.39 is 0 Å². The highest BCUT2D eigenvalue weighted by Gasteiger charge is 2.27. The van der Waals surface area contributed by atoms with Crippen molar-refractivity contribution in [1.82, 2.24) is 5.32 Å². The Bertz CT molecular complexity index is 771. The van der Waals surface area contributed by atoms with Crippen molar-refractivity contribution in [2.75, 3.05) is 18.5 Å². The molecule has 0 fully saturated rings. The van der Waals surface area contributed by atoms with Gasteiger partial charge in [-0.1, -0.05) is 30.3 Å². The molecular formula is C20H24N2O3S. The van der Waals surface area contributed by atoms with Crippen molar-refractivity contribution >= 4 is 28.2 Å². The first-order chi connectivity index (χ1) is 12.7. The van der Waals surface area contributed by atoms with Gasteiger partial charge in [0.05, 0.1) is 18.7 Å². The fourth-order valence-electron chi connectivity index (χ4n) is 3.16. The molecule has 2 aromatic rings. The van der Waals surface area contributed by atoms with Gasteiger partial charge in [-0.3, -0.25) is 4.79 Å². The lowest BCUT2D eigenvalue weighted by molar-refractivity contribution is -0.115. The topological polar surface area (TPSA) is 67.4 Å². The molecule has 1 aliphatic carbocycles. The zero-order valence-corrected chi connectivity index (χ0v) is 15.8. The number of aryl methyl sites for hydroxylation is 1. The Hall–Kier alpha value is -2.18. The van der Waals surface area contributed by atoms with Crippen LogP contribution in [0.3, 0.4) is 0 Å². The molecule has 5 nitrogen and oxygen atoms in total. The third-order valence-corrected chi connectivity index (χ3v) is 5.57. The van der Waals surface area contributed by atoms with Crippen molar-refractivity contribution < 1.29 is 14.3 Å². The number of nitrogens with one attached hydrogen (secondary N) is 2. The molecule has 0 saturated carbocycles. The zero-order valence-electron chi connectivity index (χ0n) is 15.0. The number of benzene rings is 1. The first kappa shape index (κ1) is 18.6. The average Bonchev–Trinajstić information content (AvgIpc) is 3.00.